The summed E-state index contributed by atoms with van der Waals surface area (Å²) < 4.78 is 2.10. The van der Waals surface area contributed by atoms with Crippen molar-refractivity contribution in [3.8, 4) is 5.69 Å². The van der Waals surface area contributed by atoms with E-state index in [1.165, 1.54) is 55.8 Å². The zero-order valence-electron chi connectivity index (χ0n) is 14.3. The average Bonchev–Trinajstić information content (AvgIpc) is 2.78. The van der Waals surface area contributed by atoms with Crippen LogP contribution in [-0.2, 0) is 6.42 Å². The number of hydrogen-bond donors (Lipinski definition) is 1. The summed E-state index contributed by atoms with van der Waals surface area (Å²) in [5.41, 5.74) is 3.85. The van der Waals surface area contributed by atoms with Crippen LogP contribution in [0, 0.1) is 0 Å². The number of hydrogen-bond acceptors (Lipinski definition) is 3. The topological polar surface area (TPSA) is 33.1 Å². The van der Waals surface area contributed by atoms with E-state index in [9.17, 15) is 0 Å². The van der Waals surface area contributed by atoms with E-state index in [0.29, 0.717) is 5.92 Å². The lowest BCUT2D eigenvalue weighted by Crippen LogP contribution is -2.29. The first-order valence-corrected chi connectivity index (χ1v) is 9.40. The van der Waals surface area contributed by atoms with Gasteiger partial charge in [-0.15, -0.1) is 0 Å². The molecule has 0 aliphatic carbocycles. The largest absolute Gasteiger partial charge is 0.370 e. The number of anilines is 1. The lowest BCUT2D eigenvalue weighted by Gasteiger charge is -2.28. The second-order valence-electron chi connectivity index (χ2n) is 7.06. The highest BCUT2D eigenvalue weighted by Gasteiger charge is 2.28. The van der Waals surface area contributed by atoms with Crippen LogP contribution in [0.3, 0.4) is 0 Å². The number of fused-ring (bicyclic) bond motifs is 1. The van der Waals surface area contributed by atoms with Crippen molar-refractivity contribution < 1.29 is 0 Å². The molecule has 5 heteroatoms. The van der Waals surface area contributed by atoms with Crippen LogP contribution in [0.2, 0.25) is 5.02 Å². The minimum atomic E-state index is 0.586. The number of rotatable bonds is 2. The third-order valence-electron chi connectivity index (χ3n) is 5.34. The molecule has 0 spiro atoms. The van der Waals surface area contributed by atoms with Crippen LogP contribution in [0.5, 0.6) is 0 Å². The molecule has 0 atom stereocenters. The maximum Gasteiger partial charge on any atom is 0.133 e. The molecule has 0 amide bonds. The van der Waals surface area contributed by atoms with Crippen molar-refractivity contribution in [3.63, 3.8) is 0 Å². The molecule has 24 heavy (non-hydrogen) atoms. The van der Waals surface area contributed by atoms with Crippen LogP contribution >= 0.6 is 11.6 Å². The highest BCUT2D eigenvalue weighted by atomic mass is 35.5. The molecule has 4 nitrogen and oxygen atoms in total. The molecule has 0 saturated carbocycles. The van der Waals surface area contributed by atoms with Gasteiger partial charge in [0.1, 0.15) is 5.82 Å². The number of halogens is 1. The summed E-state index contributed by atoms with van der Waals surface area (Å²) in [6.07, 6.45) is 6.02. The molecule has 0 radical (unpaired) electrons. The smallest absolute Gasteiger partial charge is 0.133 e. The highest BCUT2D eigenvalue weighted by molar-refractivity contribution is 6.30. The Bertz CT molecular complexity index is 699. The van der Waals surface area contributed by atoms with Crippen molar-refractivity contribution >= 4 is 17.4 Å². The van der Waals surface area contributed by atoms with E-state index in [1.807, 2.05) is 12.1 Å². The number of likely N-dealkylation sites (tertiary alicyclic amines) is 1. The first-order chi connectivity index (χ1) is 11.7. The summed E-state index contributed by atoms with van der Waals surface area (Å²) >= 11 is 6.06. The predicted molar refractivity (Wildman–Crippen MR) is 99.5 cm³/mol. The average molecular weight is 345 g/mol. The third kappa shape index (κ3) is 3.05. The second-order valence-corrected chi connectivity index (χ2v) is 7.50. The van der Waals surface area contributed by atoms with E-state index in [4.69, 9.17) is 16.7 Å². The van der Waals surface area contributed by atoms with Crippen LogP contribution in [0.15, 0.2) is 24.3 Å². The maximum absolute atomic E-state index is 6.06. The Kier molecular flexibility index (Phi) is 4.51. The van der Waals surface area contributed by atoms with Gasteiger partial charge in [0.25, 0.3) is 0 Å². The number of benzene rings is 1. The van der Waals surface area contributed by atoms with Crippen molar-refractivity contribution in [2.24, 2.45) is 0 Å². The molecule has 1 saturated heterocycles. The van der Waals surface area contributed by atoms with Crippen molar-refractivity contribution in [3.05, 3.63) is 40.5 Å². The third-order valence-corrected chi connectivity index (χ3v) is 5.59. The van der Waals surface area contributed by atoms with Crippen molar-refractivity contribution in [1.29, 1.82) is 0 Å². The van der Waals surface area contributed by atoms with Crippen molar-refractivity contribution in [2.75, 3.05) is 32.0 Å². The minimum Gasteiger partial charge on any atom is -0.370 e. The molecular formula is C19H25ClN4. The van der Waals surface area contributed by atoms with E-state index in [0.717, 1.165) is 23.7 Å². The zero-order chi connectivity index (χ0) is 16.5. The lowest BCUT2D eigenvalue weighted by molar-refractivity contribution is 0.252. The molecule has 2 aromatic rings. The minimum absolute atomic E-state index is 0.586. The van der Waals surface area contributed by atoms with Crippen molar-refractivity contribution in [2.45, 2.75) is 38.0 Å². The Morgan fingerprint density at radius 3 is 2.62 bits per heavy atom. The molecule has 128 valence electrons. The van der Waals surface area contributed by atoms with Gasteiger partial charge in [0.15, 0.2) is 0 Å². The summed E-state index contributed by atoms with van der Waals surface area (Å²) in [5, 5.41) is 9.47. The molecule has 0 unspecified atom stereocenters. The Balaban J connectivity index is 1.75. The first kappa shape index (κ1) is 16.0. The summed E-state index contributed by atoms with van der Waals surface area (Å²) in [7, 11) is 2.21. The molecule has 1 N–H and O–H groups in total. The van der Waals surface area contributed by atoms with E-state index < -0.39 is 0 Å². The van der Waals surface area contributed by atoms with Crippen LogP contribution < -0.4 is 5.32 Å². The predicted octanol–water partition coefficient (Wildman–Crippen LogP) is 4.08. The number of piperidine rings is 1. The van der Waals surface area contributed by atoms with E-state index in [2.05, 4.69) is 34.1 Å². The Labute approximate surface area is 148 Å². The molecule has 1 aromatic carbocycles. The molecule has 2 aliphatic rings. The summed E-state index contributed by atoms with van der Waals surface area (Å²) in [4.78, 5) is 2.42. The van der Waals surface area contributed by atoms with E-state index >= 15 is 0 Å². The van der Waals surface area contributed by atoms with E-state index in [-0.39, 0.29) is 0 Å². The Hall–Kier alpha value is -1.52. The fraction of sp³-hybridized carbons (Fsp3) is 0.526. The highest BCUT2D eigenvalue weighted by Crippen LogP contribution is 2.36. The van der Waals surface area contributed by atoms with Crippen LogP contribution in [0.4, 0.5) is 5.82 Å². The van der Waals surface area contributed by atoms with Crippen LogP contribution in [-0.4, -0.2) is 41.4 Å². The molecule has 1 aromatic heterocycles. The van der Waals surface area contributed by atoms with Gasteiger partial charge >= 0.3 is 0 Å². The quantitative estimate of drug-likeness (QED) is 0.891. The lowest BCUT2D eigenvalue weighted by atomic mass is 9.90. The number of nitrogens with one attached hydrogen (secondary N) is 1. The Morgan fingerprint density at radius 2 is 1.88 bits per heavy atom. The number of nitrogens with zero attached hydrogens (tertiary/aromatic N) is 3. The van der Waals surface area contributed by atoms with Gasteiger partial charge in [-0.05, 0) is 76.5 Å². The van der Waals surface area contributed by atoms with Crippen LogP contribution in [0.1, 0.15) is 42.9 Å². The standard InChI is InChI=1S/C19H25ClN4/c1-23-12-9-14(10-13-23)18-17-4-2-3-11-21-19(17)24(22-18)16-7-5-15(20)6-8-16/h5-8,14,21H,2-4,9-13H2,1H3. The van der Waals surface area contributed by atoms with Gasteiger partial charge in [0.05, 0.1) is 11.4 Å². The van der Waals surface area contributed by atoms with Gasteiger partial charge in [-0.3, -0.25) is 0 Å². The maximum atomic E-state index is 6.06. The normalized spacial score (nSPS) is 19.6. The van der Waals surface area contributed by atoms with Gasteiger partial charge in [-0.25, -0.2) is 4.68 Å². The van der Waals surface area contributed by atoms with E-state index in [1.54, 1.807) is 0 Å². The molecular weight excluding hydrogens is 320 g/mol. The van der Waals surface area contributed by atoms with Crippen molar-refractivity contribution in [1.82, 2.24) is 14.7 Å². The fourth-order valence-electron chi connectivity index (χ4n) is 3.91. The van der Waals surface area contributed by atoms with Gasteiger partial charge in [0.2, 0.25) is 0 Å². The second kappa shape index (κ2) is 6.77. The molecule has 4 rings (SSSR count). The Morgan fingerprint density at radius 1 is 1.12 bits per heavy atom. The van der Waals surface area contributed by atoms with Gasteiger partial charge in [-0.2, -0.15) is 5.10 Å². The van der Waals surface area contributed by atoms with Crippen LogP contribution in [0.25, 0.3) is 5.69 Å². The molecule has 0 bridgehead atoms. The number of aromatic nitrogens is 2. The summed E-state index contributed by atoms with van der Waals surface area (Å²) in [6, 6.07) is 8.00. The molecule has 2 aliphatic heterocycles. The zero-order valence-corrected chi connectivity index (χ0v) is 15.0. The molecule has 1 fully saturated rings. The van der Waals surface area contributed by atoms with Gasteiger partial charge in [-0.1, -0.05) is 11.6 Å². The first-order valence-electron chi connectivity index (χ1n) is 9.02. The SMILES string of the molecule is CN1CCC(c2nn(-c3ccc(Cl)cc3)c3c2CCCCN3)CC1. The van der Waals surface area contributed by atoms with Gasteiger partial charge < -0.3 is 10.2 Å². The van der Waals surface area contributed by atoms with Gasteiger partial charge in [0, 0.05) is 23.0 Å². The summed E-state index contributed by atoms with van der Waals surface area (Å²) in [5.74, 6) is 1.78. The summed E-state index contributed by atoms with van der Waals surface area (Å²) in [6.45, 7) is 3.36. The molecule has 3 heterocycles. The fourth-order valence-corrected chi connectivity index (χ4v) is 4.03. The monoisotopic (exact) mass is 344 g/mol.